The first-order chi connectivity index (χ1) is 11.0. The molecule has 0 aliphatic heterocycles. The van der Waals surface area contributed by atoms with Gasteiger partial charge in [-0.15, -0.1) is 11.3 Å². The molecule has 3 N–H and O–H groups in total. The highest BCUT2D eigenvalue weighted by Gasteiger charge is 2.13. The number of hydrogen-bond donors (Lipinski definition) is 3. The van der Waals surface area contributed by atoms with Crippen LogP contribution < -0.4 is 10.6 Å². The Kier molecular flexibility index (Phi) is 6.50. The minimum atomic E-state index is -0.663. The Morgan fingerprint density at radius 3 is 2.74 bits per heavy atom. The number of hydrogen-bond acceptors (Lipinski definition) is 4. The number of furan rings is 1. The lowest BCUT2D eigenvalue weighted by Crippen LogP contribution is -2.39. The topological polar surface area (TPSA) is 69.8 Å². The smallest absolute Gasteiger partial charge is 0.191 e. The molecule has 0 radical (unpaired) electrons. The number of aliphatic hydroxyl groups excluding tert-OH is 1. The van der Waals surface area contributed by atoms with Crippen molar-refractivity contribution in [1.82, 2.24) is 10.6 Å². The van der Waals surface area contributed by atoms with E-state index in [1.165, 1.54) is 11.3 Å². The van der Waals surface area contributed by atoms with Gasteiger partial charge in [0.1, 0.15) is 17.6 Å². The Labute approximate surface area is 145 Å². The first kappa shape index (κ1) is 17.8. The molecule has 5 nitrogen and oxygen atoms in total. The van der Waals surface area contributed by atoms with E-state index < -0.39 is 6.10 Å². The normalized spacial score (nSPS) is 14.6. The molecule has 0 fully saturated rings. The molecule has 2 unspecified atom stereocenters. The number of thiophene rings is 1. The third-order valence-electron chi connectivity index (χ3n) is 3.23. The van der Waals surface area contributed by atoms with Crippen LogP contribution in [0.15, 0.2) is 33.7 Å². The van der Waals surface area contributed by atoms with Crippen molar-refractivity contribution in [3.8, 4) is 0 Å². The van der Waals surface area contributed by atoms with Crippen LogP contribution in [0.5, 0.6) is 0 Å². The first-order valence-electron chi connectivity index (χ1n) is 7.54. The molecule has 0 aliphatic rings. The van der Waals surface area contributed by atoms with Crippen molar-refractivity contribution >= 4 is 28.9 Å². The highest BCUT2D eigenvalue weighted by atomic mass is 35.5. The van der Waals surface area contributed by atoms with Gasteiger partial charge in [0.2, 0.25) is 0 Å². The van der Waals surface area contributed by atoms with Crippen LogP contribution >= 0.6 is 22.9 Å². The molecule has 0 saturated heterocycles. The summed E-state index contributed by atoms with van der Waals surface area (Å²) in [6, 6.07) is 7.46. The van der Waals surface area contributed by atoms with Crippen molar-refractivity contribution < 1.29 is 9.52 Å². The van der Waals surface area contributed by atoms with Crippen molar-refractivity contribution in [2.45, 2.75) is 32.9 Å². The van der Waals surface area contributed by atoms with Crippen LogP contribution in [-0.2, 0) is 0 Å². The number of aliphatic imine (C=N–C) groups is 1. The molecule has 2 rings (SSSR count). The molecule has 0 bridgehead atoms. The van der Waals surface area contributed by atoms with Crippen LogP contribution in [0.2, 0.25) is 4.34 Å². The molecule has 2 aromatic rings. The number of guanidine groups is 1. The van der Waals surface area contributed by atoms with E-state index in [-0.39, 0.29) is 12.6 Å². The Morgan fingerprint density at radius 1 is 1.39 bits per heavy atom. The zero-order valence-electron chi connectivity index (χ0n) is 13.5. The maximum atomic E-state index is 10.2. The summed E-state index contributed by atoms with van der Waals surface area (Å²) < 4.78 is 6.28. The van der Waals surface area contributed by atoms with Crippen LogP contribution in [0.1, 0.15) is 42.4 Å². The number of halogens is 1. The van der Waals surface area contributed by atoms with Gasteiger partial charge in [0.25, 0.3) is 0 Å². The summed E-state index contributed by atoms with van der Waals surface area (Å²) in [5.74, 6) is 2.36. The van der Waals surface area contributed by atoms with Gasteiger partial charge in [-0.05, 0) is 45.0 Å². The fraction of sp³-hybridized carbons (Fsp3) is 0.438. The van der Waals surface area contributed by atoms with Crippen LogP contribution in [0.3, 0.4) is 0 Å². The molecule has 0 aliphatic carbocycles. The van der Waals surface area contributed by atoms with E-state index in [2.05, 4.69) is 15.6 Å². The molecule has 7 heteroatoms. The van der Waals surface area contributed by atoms with Crippen molar-refractivity contribution in [3.05, 3.63) is 45.0 Å². The highest BCUT2D eigenvalue weighted by Crippen LogP contribution is 2.27. The van der Waals surface area contributed by atoms with Crippen LogP contribution in [-0.4, -0.2) is 24.2 Å². The van der Waals surface area contributed by atoms with Crippen LogP contribution in [0.25, 0.3) is 0 Å². The van der Waals surface area contributed by atoms with Gasteiger partial charge in [-0.3, -0.25) is 4.99 Å². The van der Waals surface area contributed by atoms with E-state index in [1.54, 1.807) is 6.07 Å². The van der Waals surface area contributed by atoms with Gasteiger partial charge >= 0.3 is 0 Å². The number of aryl methyl sites for hydroxylation is 1. The van der Waals surface area contributed by atoms with Crippen LogP contribution in [0.4, 0.5) is 0 Å². The standard InChI is InChI=1S/C16H22ClN3O2S/c1-4-18-16(20-11(3)13-6-5-10(2)22-13)19-9-12(21)14-7-8-15(17)23-14/h5-8,11-12,21H,4,9H2,1-3H3,(H2,18,19,20). The molecule has 0 spiro atoms. The second-order valence-electron chi connectivity index (χ2n) is 5.19. The van der Waals surface area contributed by atoms with Gasteiger partial charge in [0, 0.05) is 11.4 Å². The van der Waals surface area contributed by atoms with Gasteiger partial charge in [0.15, 0.2) is 5.96 Å². The van der Waals surface area contributed by atoms with Crippen molar-refractivity contribution in [2.75, 3.05) is 13.1 Å². The van der Waals surface area contributed by atoms with E-state index in [9.17, 15) is 5.11 Å². The van der Waals surface area contributed by atoms with Gasteiger partial charge in [-0.2, -0.15) is 0 Å². The summed E-state index contributed by atoms with van der Waals surface area (Å²) in [4.78, 5) is 5.25. The molecule has 126 valence electrons. The number of nitrogens with zero attached hydrogens (tertiary/aromatic N) is 1. The average Bonchev–Trinajstić information content (AvgIpc) is 3.13. The maximum Gasteiger partial charge on any atom is 0.191 e. The SMILES string of the molecule is CCNC(=NCC(O)c1ccc(Cl)s1)NC(C)c1ccc(C)o1. The predicted molar refractivity (Wildman–Crippen MR) is 95.3 cm³/mol. The van der Waals surface area contributed by atoms with E-state index in [0.717, 1.165) is 22.9 Å². The second kappa shape index (κ2) is 8.38. The molecular formula is C16H22ClN3O2S. The highest BCUT2D eigenvalue weighted by molar-refractivity contribution is 7.16. The number of rotatable bonds is 6. The lowest BCUT2D eigenvalue weighted by molar-refractivity contribution is 0.191. The van der Waals surface area contributed by atoms with Gasteiger partial charge < -0.3 is 20.2 Å². The summed E-state index contributed by atoms with van der Waals surface area (Å²) in [6.45, 7) is 6.90. The zero-order valence-corrected chi connectivity index (χ0v) is 15.0. The lowest BCUT2D eigenvalue weighted by atomic mass is 10.2. The Hall–Kier alpha value is -1.50. The maximum absolute atomic E-state index is 10.2. The van der Waals surface area contributed by atoms with Crippen molar-refractivity contribution in [3.63, 3.8) is 0 Å². The molecule has 2 heterocycles. The van der Waals surface area contributed by atoms with Gasteiger partial charge in [-0.1, -0.05) is 11.6 Å². The fourth-order valence-corrected chi connectivity index (χ4v) is 3.10. The average molecular weight is 356 g/mol. The van der Waals surface area contributed by atoms with Crippen LogP contribution in [0, 0.1) is 6.92 Å². The quantitative estimate of drug-likeness (QED) is 0.546. The summed E-state index contributed by atoms with van der Waals surface area (Å²) in [6.07, 6.45) is -0.663. The van der Waals surface area contributed by atoms with Crippen molar-refractivity contribution in [1.29, 1.82) is 0 Å². The number of aliphatic hydroxyl groups is 1. The molecule has 23 heavy (non-hydrogen) atoms. The minimum Gasteiger partial charge on any atom is -0.464 e. The third-order valence-corrected chi connectivity index (χ3v) is 4.56. The summed E-state index contributed by atoms with van der Waals surface area (Å²) in [5, 5.41) is 16.6. The molecule has 2 atom stereocenters. The number of nitrogens with one attached hydrogen (secondary N) is 2. The zero-order chi connectivity index (χ0) is 16.8. The molecule has 0 saturated carbocycles. The molecule has 0 amide bonds. The third kappa shape index (κ3) is 5.27. The Morgan fingerprint density at radius 2 is 2.17 bits per heavy atom. The van der Waals surface area contributed by atoms with E-state index >= 15 is 0 Å². The van der Waals surface area contributed by atoms with Gasteiger partial charge in [-0.25, -0.2) is 0 Å². The summed E-state index contributed by atoms with van der Waals surface area (Å²) in [7, 11) is 0. The summed E-state index contributed by atoms with van der Waals surface area (Å²) in [5.41, 5.74) is 0. The largest absolute Gasteiger partial charge is 0.464 e. The second-order valence-corrected chi connectivity index (χ2v) is 6.94. The minimum absolute atomic E-state index is 0.0187. The van der Waals surface area contributed by atoms with E-state index in [1.807, 2.05) is 39.0 Å². The predicted octanol–water partition coefficient (Wildman–Crippen LogP) is 3.65. The molecule has 2 aromatic heterocycles. The first-order valence-corrected chi connectivity index (χ1v) is 8.73. The fourth-order valence-electron chi connectivity index (χ4n) is 2.06. The van der Waals surface area contributed by atoms with Crippen molar-refractivity contribution in [2.24, 2.45) is 4.99 Å². The van der Waals surface area contributed by atoms with Gasteiger partial charge in [0.05, 0.1) is 16.9 Å². The molecule has 0 aromatic carbocycles. The summed E-state index contributed by atoms with van der Waals surface area (Å²) >= 11 is 7.26. The molecular weight excluding hydrogens is 334 g/mol. The van der Waals surface area contributed by atoms with E-state index in [0.29, 0.717) is 10.3 Å². The lowest BCUT2D eigenvalue weighted by Gasteiger charge is -2.16. The Balaban J connectivity index is 1.99. The monoisotopic (exact) mass is 355 g/mol. The Bertz CT molecular complexity index is 653. The van der Waals surface area contributed by atoms with E-state index in [4.69, 9.17) is 16.0 Å².